The van der Waals surface area contributed by atoms with E-state index in [9.17, 15) is 4.79 Å². The molecule has 1 amide bonds. The fourth-order valence-electron chi connectivity index (χ4n) is 4.35. The summed E-state index contributed by atoms with van der Waals surface area (Å²) in [5.41, 5.74) is 3.66. The van der Waals surface area contributed by atoms with Crippen molar-refractivity contribution in [1.82, 2.24) is 14.9 Å². The summed E-state index contributed by atoms with van der Waals surface area (Å²) in [6, 6.07) is 10.2. The van der Waals surface area contributed by atoms with Gasteiger partial charge in [-0.25, -0.2) is 0 Å². The van der Waals surface area contributed by atoms with Crippen LogP contribution in [0.3, 0.4) is 0 Å². The van der Waals surface area contributed by atoms with Crippen LogP contribution in [-0.2, 0) is 28.1 Å². The summed E-state index contributed by atoms with van der Waals surface area (Å²) in [6.45, 7) is 2.52. The van der Waals surface area contributed by atoms with Gasteiger partial charge in [-0.3, -0.25) is 9.78 Å². The first-order valence-corrected chi connectivity index (χ1v) is 8.61. The molecule has 0 unspecified atom stereocenters. The van der Waals surface area contributed by atoms with E-state index in [0.717, 1.165) is 23.1 Å². The molecule has 2 aliphatic heterocycles. The topological polar surface area (TPSA) is 58.2 Å². The third-order valence-corrected chi connectivity index (χ3v) is 5.53. The molecule has 1 saturated heterocycles. The minimum absolute atomic E-state index is 0.0325. The van der Waals surface area contributed by atoms with Gasteiger partial charge in [0.2, 0.25) is 5.91 Å². The number of nitrogens with one attached hydrogen (secondary N) is 1. The summed E-state index contributed by atoms with van der Waals surface area (Å²) in [4.78, 5) is 22.4. The van der Waals surface area contributed by atoms with Gasteiger partial charge in [0, 0.05) is 35.1 Å². The molecule has 4 heterocycles. The average molecular weight is 333 g/mol. The average Bonchev–Trinajstić information content (AvgIpc) is 3.18. The van der Waals surface area contributed by atoms with Gasteiger partial charge < -0.3 is 14.6 Å². The fraction of sp³-hybridized carbons (Fsp3) is 0.300. The second-order valence-corrected chi connectivity index (χ2v) is 6.98. The van der Waals surface area contributed by atoms with Crippen molar-refractivity contribution in [2.75, 3.05) is 6.61 Å². The molecule has 0 bridgehead atoms. The minimum atomic E-state index is -0.713. The van der Waals surface area contributed by atoms with Crippen molar-refractivity contribution in [2.24, 2.45) is 0 Å². The second kappa shape index (κ2) is 5.17. The van der Waals surface area contributed by atoms with Crippen LogP contribution < -0.4 is 0 Å². The summed E-state index contributed by atoms with van der Waals surface area (Å²) < 4.78 is 6.17. The summed E-state index contributed by atoms with van der Waals surface area (Å²) in [5, 5.41) is 1.21. The van der Waals surface area contributed by atoms with Crippen LogP contribution in [0.25, 0.3) is 10.9 Å². The normalized spacial score (nSPS) is 25.2. The zero-order valence-corrected chi connectivity index (χ0v) is 14.0. The third-order valence-electron chi connectivity index (χ3n) is 5.53. The molecular formula is C20H19N3O2. The molecule has 2 aliphatic rings. The second-order valence-electron chi connectivity index (χ2n) is 6.98. The first-order valence-electron chi connectivity index (χ1n) is 8.61. The largest absolute Gasteiger partial charge is 0.361 e. The van der Waals surface area contributed by atoms with E-state index in [2.05, 4.69) is 22.1 Å². The SMILES string of the molecule is C[C@]12OC[C@H](Cc3c[nH]c4ccccc34)N1C(=O)Cc1ccncc12. The van der Waals surface area contributed by atoms with Gasteiger partial charge in [-0.15, -0.1) is 0 Å². The molecule has 126 valence electrons. The number of H-pyrrole nitrogens is 1. The molecule has 0 aliphatic carbocycles. The highest BCUT2D eigenvalue weighted by atomic mass is 16.5. The lowest BCUT2D eigenvalue weighted by Crippen LogP contribution is -2.52. The van der Waals surface area contributed by atoms with E-state index < -0.39 is 5.72 Å². The summed E-state index contributed by atoms with van der Waals surface area (Å²) in [6.07, 6.45) is 6.82. The number of aromatic amines is 1. The Hall–Kier alpha value is -2.66. The molecule has 1 aromatic carbocycles. The van der Waals surface area contributed by atoms with Crippen LogP contribution in [0.4, 0.5) is 0 Å². The molecule has 2 aromatic heterocycles. The van der Waals surface area contributed by atoms with Gasteiger partial charge in [0.25, 0.3) is 0 Å². The third kappa shape index (κ3) is 2.05. The summed E-state index contributed by atoms with van der Waals surface area (Å²) in [7, 11) is 0. The highest BCUT2D eigenvalue weighted by Crippen LogP contribution is 2.43. The Morgan fingerprint density at radius 3 is 3.16 bits per heavy atom. The van der Waals surface area contributed by atoms with E-state index in [-0.39, 0.29) is 11.9 Å². The first-order chi connectivity index (χ1) is 12.2. The van der Waals surface area contributed by atoms with Crippen molar-refractivity contribution in [3.05, 3.63) is 65.6 Å². The molecule has 3 aromatic rings. The van der Waals surface area contributed by atoms with Crippen molar-refractivity contribution in [2.45, 2.75) is 31.5 Å². The number of ether oxygens (including phenoxy) is 1. The number of benzene rings is 1. The van der Waals surface area contributed by atoms with Gasteiger partial charge in [0.05, 0.1) is 19.1 Å². The molecule has 1 N–H and O–H groups in total. The number of pyridine rings is 1. The van der Waals surface area contributed by atoms with Crippen LogP contribution in [-0.4, -0.2) is 33.4 Å². The maximum atomic E-state index is 12.9. The van der Waals surface area contributed by atoms with Crippen LogP contribution in [0.2, 0.25) is 0 Å². The standard InChI is InChI=1S/C20H19N3O2/c1-20-17-11-21-7-6-13(17)9-19(24)23(20)15(12-25-20)8-14-10-22-18-5-3-2-4-16(14)18/h2-7,10-11,15,22H,8-9,12H2,1H3/t15-,20+/m0/s1. The van der Waals surface area contributed by atoms with E-state index in [1.54, 1.807) is 6.20 Å². The number of carbonyl (C=O) groups is 1. The summed E-state index contributed by atoms with van der Waals surface area (Å²) >= 11 is 0. The number of amides is 1. The number of para-hydroxylation sites is 1. The molecule has 5 nitrogen and oxygen atoms in total. The number of rotatable bonds is 2. The predicted molar refractivity (Wildman–Crippen MR) is 93.9 cm³/mol. The number of hydrogen-bond acceptors (Lipinski definition) is 3. The maximum absolute atomic E-state index is 12.9. The van der Waals surface area contributed by atoms with E-state index in [0.29, 0.717) is 13.0 Å². The first kappa shape index (κ1) is 14.7. The zero-order chi connectivity index (χ0) is 17.0. The van der Waals surface area contributed by atoms with E-state index >= 15 is 0 Å². The van der Waals surface area contributed by atoms with Gasteiger partial charge in [0.15, 0.2) is 5.72 Å². The predicted octanol–water partition coefficient (Wildman–Crippen LogP) is 2.76. The van der Waals surface area contributed by atoms with Crippen LogP contribution in [0.5, 0.6) is 0 Å². The number of carbonyl (C=O) groups excluding carboxylic acids is 1. The van der Waals surface area contributed by atoms with Crippen molar-refractivity contribution in [3.8, 4) is 0 Å². The van der Waals surface area contributed by atoms with Gasteiger partial charge in [0.1, 0.15) is 0 Å². The van der Waals surface area contributed by atoms with Gasteiger partial charge >= 0.3 is 0 Å². The Balaban J connectivity index is 1.52. The lowest BCUT2D eigenvalue weighted by molar-refractivity contribution is -0.152. The Morgan fingerprint density at radius 2 is 2.24 bits per heavy atom. The quantitative estimate of drug-likeness (QED) is 0.784. The van der Waals surface area contributed by atoms with Crippen molar-refractivity contribution in [1.29, 1.82) is 0 Å². The highest BCUT2D eigenvalue weighted by molar-refractivity contribution is 5.84. The number of hydrogen-bond donors (Lipinski definition) is 1. The number of fused-ring (bicyclic) bond motifs is 4. The van der Waals surface area contributed by atoms with Crippen LogP contribution >= 0.6 is 0 Å². The lowest BCUT2D eigenvalue weighted by atomic mass is 9.91. The lowest BCUT2D eigenvalue weighted by Gasteiger charge is -2.41. The Morgan fingerprint density at radius 1 is 1.36 bits per heavy atom. The smallest absolute Gasteiger partial charge is 0.229 e. The molecule has 2 atom stereocenters. The zero-order valence-electron chi connectivity index (χ0n) is 14.0. The van der Waals surface area contributed by atoms with E-state index in [4.69, 9.17) is 4.74 Å². The molecule has 0 spiro atoms. The summed E-state index contributed by atoms with van der Waals surface area (Å²) in [5.74, 6) is 0.128. The van der Waals surface area contributed by atoms with Crippen LogP contribution in [0.1, 0.15) is 23.6 Å². The van der Waals surface area contributed by atoms with Gasteiger partial charge in [-0.2, -0.15) is 0 Å². The highest BCUT2D eigenvalue weighted by Gasteiger charge is 2.51. The van der Waals surface area contributed by atoms with Crippen molar-refractivity contribution >= 4 is 16.8 Å². The van der Waals surface area contributed by atoms with E-state index in [1.807, 2.05) is 42.4 Å². The molecule has 1 fully saturated rings. The van der Waals surface area contributed by atoms with Crippen LogP contribution in [0.15, 0.2) is 48.9 Å². The molecular weight excluding hydrogens is 314 g/mol. The van der Waals surface area contributed by atoms with Crippen molar-refractivity contribution in [3.63, 3.8) is 0 Å². The Kier molecular flexibility index (Phi) is 3.03. The van der Waals surface area contributed by atoms with Gasteiger partial charge in [-0.05, 0) is 36.6 Å². The molecule has 5 heteroatoms. The fourth-order valence-corrected chi connectivity index (χ4v) is 4.35. The van der Waals surface area contributed by atoms with Gasteiger partial charge in [-0.1, -0.05) is 18.2 Å². The number of aromatic nitrogens is 2. The molecule has 0 saturated carbocycles. The van der Waals surface area contributed by atoms with Crippen LogP contribution in [0, 0.1) is 0 Å². The minimum Gasteiger partial charge on any atom is -0.361 e. The number of nitrogens with zero attached hydrogens (tertiary/aromatic N) is 2. The molecule has 0 radical (unpaired) electrons. The monoisotopic (exact) mass is 333 g/mol. The Labute approximate surface area is 145 Å². The molecule has 5 rings (SSSR count). The van der Waals surface area contributed by atoms with E-state index in [1.165, 1.54) is 10.9 Å². The molecule has 25 heavy (non-hydrogen) atoms. The maximum Gasteiger partial charge on any atom is 0.229 e. The Bertz CT molecular complexity index is 980. The van der Waals surface area contributed by atoms with Crippen molar-refractivity contribution < 1.29 is 9.53 Å².